The summed E-state index contributed by atoms with van der Waals surface area (Å²) in [4.78, 5) is 23.6. The van der Waals surface area contributed by atoms with Crippen molar-refractivity contribution in [3.05, 3.63) is 11.1 Å². The highest BCUT2D eigenvalue weighted by atomic mass is 28.4. The van der Waals surface area contributed by atoms with E-state index >= 15 is 0 Å². The molecular weight excluding hydrogens is 413 g/mol. The maximum Gasteiger partial charge on any atom is 0.332 e. The van der Waals surface area contributed by atoms with E-state index in [1.54, 1.807) is 0 Å². The Balaban J connectivity index is 6.98. The molecule has 0 radical (unpaired) electrons. The summed E-state index contributed by atoms with van der Waals surface area (Å²) in [5, 5.41) is 17.8. The summed E-state index contributed by atoms with van der Waals surface area (Å²) in [6.07, 6.45) is 0.686. The molecule has 0 aromatic carbocycles. The Morgan fingerprint density at radius 3 is 1.37 bits per heavy atom. The summed E-state index contributed by atoms with van der Waals surface area (Å²) in [6.45, 7) is 16.4. The standard InChI is InChI=1S/C17H38O6Si4/c1-9-16(24,22-26(3,4)5)14(12(15(20)21)11-13(18)19)17(25,10-2)23-27(6,7)8/h9-11H2,1-8,24-25H3,(H,18,19)(H,20,21). The van der Waals surface area contributed by atoms with Gasteiger partial charge in [0.15, 0.2) is 16.6 Å². The van der Waals surface area contributed by atoms with Gasteiger partial charge in [-0.3, -0.25) is 4.79 Å². The number of carbonyl (C=O) groups is 2. The lowest BCUT2D eigenvalue weighted by Gasteiger charge is -2.48. The fourth-order valence-electron chi connectivity index (χ4n) is 3.57. The van der Waals surface area contributed by atoms with Crippen LogP contribution in [0.5, 0.6) is 0 Å². The molecule has 27 heavy (non-hydrogen) atoms. The molecule has 0 aliphatic carbocycles. The van der Waals surface area contributed by atoms with Crippen molar-refractivity contribution in [3.8, 4) is 0 Å². The minimum absolute atomic E-state index is 0.0623. The van der Waals surface area contributed by atoms with Crippen molar-refractivity contribution in [1.29, 1.82) is 0 Å². The third-order valence-electron chi connectivity index (χ3n) is 4.36. The lowest BCUT2D eigenvalue weighted by Crippen LogP contribution is -2.56. The van der Waals surface area contributed by atoms with Gasteiger partial charge in [0.05, 0.1) is 22.4 Å². The summed E-state index contributed by atoms with van der Waals surface area (Å²) in [5.41, 5.74) is 0.519. The highest BCUT2D eigenvalue weighted by Gasteiger charge is 2.47. The number of rotatable bonds is 11. The van der Waals surface area contributed by atoms with Crippen molar-refractivity contribution < 1.29 is 28.7 Å². The topological polar surface area (TPSA) is 93.1 Å². The van der Waals surface area contributed by atoms with Crippen molar-refractivity contribution in [2.45, 2.75) is 82.8 Å². The van der Waals surface area contributed by atoms with Gasteiger partial charge in [0, 0.05) is 20.5 Å². The zero-order valence-electron chi connectivity index (χ0n) is 18.6. The molecule has 10 heteroatoms. The van der Waals surface area contributed by atoms with Gasteiger partial charge in [0.2, 0.25) is 0 Å². The van der Waals surface area contributed by atoms with Crippen molar-refractivity contribution in [2.75, 3.05) is 0 Å². The summed E-state index contributed by atoms with van der Waals surface area (Å²) in [6, 6.07) is 0. The van der Waals surface area contributed by atoms with Gasteiger partial charge in [-0.1, -0.05) is 13.8 Å². The Morgan fingerprint density at radius 2 is 1.19 bits per heavy atom. The normalized spacial score (nSPS) is 17.2. The van der Waals surface area contributed by atoms with E-state index in [2.05, 4.69) is 39.3 Å². The Bertz CT molecular complexity index is 561. The van der Waals surface area contributed by atoms with E-state index in [1.807, 2.05) is 13.8 Å². The van der Waals surface area contributed by atoms with E-state index in [9.17, 15) is 19.8 Å². The number of aliphatic carboxylic acids is 2. The molecule has 0 fully saturated rings. The van der Waals surface area contributed by atoms with Crippen LogP contribution in [0.4, 0.5) is 0 Å². The Kier molecular flexibility index (Phi) is 9.13. The fraction of sp³-hybridized carbons (Fsp3) is 0.765. The maximum atomic E-state index is 12.2. The van der Waals surface area contributed by atoms with E-state index in [-0.39, 0.29) is 5.57 Å². The predicted octanol–water partition coefficient (Wildman–Crippen LogP) is 1.49. The summed E-state index contributed by atoms with van der Waals surface area (Å²) >= 11 is 0. The van der Waals surface area contributed by atoms with Gasteiger partial charge in [-0.15, -0.1) is 0 Å². The van der Waals surface area contributed by atoms with Crippen LogP contribution in [-0.4, -0.2) is 69.7 Å². The molecule has 0 saturated carbocycles. The van der Waals surface area contributed by atoms with Crippen LogP contribution in [0, 0.1) is 0 Å². The van der Waals surface area contributed by atoms with E-state index < -0.39 is 45.4 Å². The van der Waals surface area contributed by atoms with Crippen molar-refractivity contribution in [3.63, 3.8) is 0 Å². The summed E-state index contributed by atoms with van der Waals surface area (Å²) in [7, 11) is -2.91. The van der Waals surface area contributed by atoms with Crippen LogP contribution in [0.15, 0.2) is 11.1 Å². The first kappa shape index (κ1) is 26.5. The largest absolute Gasteiger partial charge is 0.481 e. The zero-order chi connectivity index (χ0) is 21.8. The molecule has 0 amide bonds. The predicted molar refractivity (Wildman–Crippen MR) is 122 cm³/mol. The van der Waals surface area contributed by atoms with Crippen molar-refractivity contribution in [1.82, 2.24) is 0 Å². The van der Waals surface area contributed by atoms with Gasteiger partial charge in [-0.25, -0.2) is 4.79 Å². The number of carboxylic acid groups (broad SMARTS) is 2. The van der Waals surface area contributed by atoms with E-state index in [0.29, 0.717) is 38.9 Å². The molecule has 0 saturated heterocycles. The van der Waals surface area contributed by atoms with E-state index in [1.165, 1.54) is 0 Å². The minimum Gasteiger partial charge on any atom is -0.481 e. The average molecular weight is 451 g/mol. The van der Waals surface area contributed by atoms with Crippen LogP contribution in [0.3, 0.4) is 0 Å². The second kappa shape index (κ2) is 9.31. The lowest BCUT2D eigenvalue weighted by atomic mass is 9.91. The molecule has 0 aromatic heterocycles. The molecule has 0 bridgehead atoms. The van der Waals surface area contributed by atoms with Crippen LogP contribution in [-0.2, 0) is 18.4 Å². The minimum atomic E-state index is -2.02. The smallest absolute Gasteiger partial charge is 0.332 e. The second-order valence-electron chi connectivity index (χ2n) is 9.33. The SMILES string of the molecule is CCC([SiH3])(O[Si](C)(C)C)C(=C(CC(=O)O)C(=O)O)C([SiH3])(CC)O[Si](C)(C)C. The average Bonchev–Trinajstić information content (AvgIpc) is 2.42. The summed E-state index contributed by atoms with van der Waals surface area (Å²) < 4.78 is 13.1. The van der Waals surface area contributed by atoms with Crippen LogP contribution >= 0.6 is 0 Å². The van der Waals surface area contributed by atoms with Crippen molar-refractivity contribution in [2.24, 2.45) is 0 Å². The first-order valence-corrected chi connectivity index (χ1v) is 18.3. The van der Waals surface area contributed by atoms with Crippen LogP contribution in [0.25, 0.3) is 0 Å². The van der Waals surface area contributed by atoms with Crippen LogP contribution in [0.2, 0.25) is 39.3 Å². The van der Waals surface area contributed by atoms with E-state index in [0.717, 1.165) is 0 Å². The molecule has 2 atom stereocenters. The molecule has 0 heterocycles. The first-order valence-electron chi connectivity index (χ1n) is 9.50. The van der Waals surface area contributed by atoms with Gasteiger partial charge in [0.1, 0.15) is 0 Å². The molecule has 0 spiro atoms. The molecule has 2 N–H and O–H groups in total. The van der Waals surface area contributed by atoms with Gasteiger partial charge < -0.3 is 19.1 Å². The molecule has 0 aromatic rings. The van der Waals surface area contributed by atoms with Gasteiger partial charge in [0.25, 0.3) is 0 Å². The van der Waals surface area contributed by atoms with E-state index in [4.69, 9.17) is 8.85 Å². The van der Waals surface area contributed by atoms with Crippen molar-refractivity contribution >= 4 is 49.1 Å². The highest BCUT2D eigenvalue weighted by molar-refractivity contribution is 6.70. The molecular formula is C17H38O6Si4. The Hall–Kier alpha value is -0.532. The second-order valence-corrected chi connectivity index (χ2v) is 21.4. The molecule has 0 aliphatic heterocycles. The summed E-state index contributed by atoms with van der Waals surface area (Å²) in [5.74, 6) is -2.33. The third-order valence-corrected chi connectivity index (χ3v) is 10.1. The fourth-order valence-corrected chi connectivity index (χ4v) is 12.6. The number of hydrogen-bond acceptors (Lipinski definition) is 4. The Morgan fingerprint density at radius 1 is 0.852 bits per heavy atom. The third kappa shape index (κ3) is 8.16. The molecule has 0 rings (SSSR count). The number of carboxylic acids is 2. The number of hydrogen-bond donors (Lipinski definition) is 2. The highest BCUT2D eigenvalue weighted by Crippen LogP contribution is 2.40. The van der Waals surface area contributed by atoms with Gasteiger partial charge >= 0.3 is 11.9 Å². The zero-order valence-corrected chi connectivity index (χ0v) is 24.6. The molecule has 6 nitrogen and oxygen atoms in total. The van der Waals surface area contributed by atoms with Gasteiger partial charge in [-0.2, -0.15) is 0 Å². The molecule has 2 unspecified atom stereocenters. The lowest BCUT2D eigenvalue weighted by molar-refractivity contribution is -0.139. The first-order chi connectivity index (χ1) is 11.9. The molecule has 0 aliphatic rings. The quantitative estimate of drug-likeness (QED) is 0.366. The van der Waals surface area contributed by atoms with Crippen LogP contribution < -0.4 is 0 Å². The monoisotopic (exact) mass is 450 g/mol. The maximum absolute atomic E-state index is 12.2. The van der Waals surface area contributed by atoms with Crippen LogP contribution in [0.1, 0.15) is 33.1 Å². The van der Waals surface area contributed by atoms with Gasteiger partial charge in [-0.05, 0) is 57.7 Å². The molecule has 158 valence electrons. The Labute approximate surface area is 171 Å².